The Morgan fingerprint density at radius 2 is 2.13 bits per heavy atom. The Hall–Kier alpha value is 0.327. The monoisotopic (exact) mass is 292 g/mol. The van der Waals surface area contributed by atoms with Crippen LogP contribution in [-0.2, 0) is 9.22 Å². The first-order chi connectivity index (χ1) is 6.79. The van der Waals surface area contributed by atoms with Gasteiger partial charge in [-0.1, -0.05) is 29.8 Å². The van der Waals surface area contributed by atoms with Gasteiger partial charge in [0.1, 0.15) is 5.78 Å². The van der Waals surface area contributed by atoms with Gasteiger partial charge in [0, 0.05) is 16.8 Å². The van der Waals surface area contributed by atoms with Gasteiger partial charge in [-0.05, 0) is 25.9 Å². The summed E-state index contributed by atoms with van der Waals surface area (Å²) >= 11 is 3.50. The predicted molar refractivity (Wildman–Crippen MR) is 68.8 cm³/mol. The fraction of sp³-hybridized carbons (Fsp3) is 0.909. The number of rotatable bonds is 3. The third kappa shape index (κ3) is 3.14. The Bertz CT molecular complexity index is 251. The summed E-state index contributed by atoms with van der Waals surface area (Å²) in [4.78, 5) is 12.8. The molecule has 0 N–H and O–H groups in total. The molecule has 0 bridgehead atoms. The van der Waals surface area contributed by atoms with Crippen molar-refractivity contribution in [2.45, 2.75) is 52.3 Å². The van der Waals surface area contributed by atoms with Gasteiger partial charge in [0.05, 0.1) is 6.10 Å². The maximum absolute atomic E-state index is 11.8. The van der Waals surface area contributed by atoms with Crippen LogP contribution in [0.15, 0.2) is 0 Å². The first-order valence-electron chi connectivity index (χ1n) is 5.57. The third-order valence-electron chi connectivity index (χ3n) is 3.18. The van der Waals surface area contributed by atoms with Crippen LogP contribution in [0.3, 0.4) is 0 Å². The number of carbonyl (C=O) groups is 1. The Morgan fingerprint density at radius 1 is 1.53 bits per heavy atom. The van der Waals surface area contributed by atoms with Gasteiger partial charge in [-0.2, -0.15) is 0 Å². The van der Waals surface area contributed by atoms with Crippen molar-refractivity contribution in [2.24, 2.45) is 5.41 Å². The molecule has 0 heterocycles. The van der Waals surface area contributed by atoms with Crippen molar-refractivity contribution in [3.8, 4) is 0 Å². The minimum absolute atomic E-state index is 0.123. The molecule has 0 aromatic heterocycles. The highest BCUT2D eigenvalue weighted by atomic mass is 79.9. The molecule has 4 heteroatoms. The summed E-state index contributed by atoms with van der Waals surface area (Å²) in [6, 6.07) is 0. The fourth-order valence-corrected chi connectivity index (χ4v) is 3.58. The van der Waals surface area contributed by atoms with Crippen LogP contribution in [-0.4, -0.2) is 25.2 Å². The van der Waals surface area contributed by atoms with E-state index in [1.54, 1.807) is 0 Å². The highest BCUT2D eigenvalue weighted by molar-refractivity contribution is 9.09. The van der Waals surface area contributed by atoms with Gasteiger partial charge in [0.25, 0.3) is 0 Å². The number of alkyl halides is 1. The van der Waals surface area contributed by atoms with Crippen LogP contribution in [0, 0.1) is 5.41 Å². The van der Waals surface area contributed by atoms with E-state index in [1.165, 1.54) is 0 Å². The molecular formula is C11H21BrO2Si. The molecule has 0 saturated heterocycles. The molecule has 1 rings (SSSR count). The minimum atomic E-state index is -1.62. The summed E-state index contributed by atoms with van der Waals surface area (Å²) in [5.74, 6) is 0.359. The fourth-order valence-electron chi connectivity index (χ4n) is 1.93. The van der Waals surface area contributed by atoms with E-state index in [4.69, 9.17) is 4.43 Å². The molecule has 0 aromatic rings. The first kappa shape index (κ1) is 13.4. The molecule has 2 nitrogen and oxygen atoms in total. The van der Waals surface area contributed by atoms with Crippen LogP contribution in [0.1, 0.15) is 33.1 Å². The summed E-state index contributed by atoms with van der Waals surface area (Å²) in [5, 5.41) is 0. The van der Waals surface area contributed by atoms with Crippen molar-refractivity contribution in [1.82, 2.24) is 0 Å². The predicted octanol–water partition coefficient (Wildman–Crippen LogP) is 3.29. The summed E-state index contributed by atoms with van der Waals surface area (Å²) < 4.78 is 6.18. The van der Waals surface area contributed by atoms with Crippen molar-refractivity contribution in [1.29, 1.82) is 0 Å². The summed E-state index contributed by atoms with van der Waals surface area (Å²) in [5.41, 5.74) is -0.287. The van der Waals surface area contributed by atoms with Crippen LogP contribution >= 0.6 is 15.9 Å². The van der Waals surface area contributed by atoms with Gasteiger partial charge in [-0.15, -0.1) is 0 Å². The van der Waals surface area contributed by atoms with E-state index in [2.05, 4.69) is 29.0 Å². The summed E-state index contributed by atoms with van der Waals surface area (Å²) in [6.07, 6.45) is 2.86. The van der Waals surface area contributed by atoms with Crippen molar-refractivity contribution < 1.29 is 9.22 Å². The molecule has 15 heavy (non-hydrogen) atoms. The molecule has 1 fully saturated rings. The molecule has 0 spiro atoms. The first-order valence-corrected chi connectivity index (χ1v) is 9.80. The number of halogens is 1. The van der Waals surface area contributed by atoms with Crippen LogP contribution in [0.4, 0.5) is 0 Å². The number of hydrogen-bond acceptors (Lipinski definition) is 2. The van der Waals surface area contributed by atoms with E-state index in [-0.39, 0.29) is 11.5 Å². The SMILES string of the molecule is CC1(C)C(=O)CCC[C@@H]1O[Si](C)(C)CBr. The largest absolute Gasteiger partial charge is 0.413 e. The van der Waals surface area contributed by atoms with Gasteiger partial charge in [0.15, 0.2) is 8.32 Å². The lowest BCUT2D eigenvalue weighted by atomic mass is 9.74. The zero-order chi connectivity index (χ0) is 11.7. The van der Waals surface area contributed by atoms with Crippen LogP contribution in [0.25, 0.3) is 0 Å². The third-order valence-corrected chi connectivity index (χ3v) is 8.79. The summed E-state index contributed by atoms with van der Waals surface area (Å²) in [6.45, 7) is 8.43. The average molecular weight is 293 g/mol. The van der Waals surface area contributed by atoms with Gasteiger partial charge in [-0.25, -0.2) is 0 Å². The number of ketones is 1. The van der Waals surface area contributed by atoms with Crippen LogP contribution in [0.2, 0.25) is 13.1 Å². The Labute approximate surface area is 102 Å². The second-order valence-corrected chi connectivity index (χ2v) is 11.2. The van der Waals surface area contributed by atoms with E-state index in [1.807, 2.05) is 13.8 Å². The van der Waals surface area contributed by atoms with Crippen molar-refractivity contribution in [3.63, 3.8) is 0 Å². The molecule has 88 valence electrons. The maximum Gasteiger partial charge on any atom is 0.197 e. The Kier molecular flexibility index (Phi) is 4.17. The molecule has 0 unspecified atom stereocenters. The quantitative estimate of drug-likeness (QED) is 0.589. The normalized spacial score (nSPS) is 26.7. The van der Waals surface area contributed by atoms with Crippen LogP contribution in [0.5, 0.6) is 0 Å². The standard InChI is InChI=1S/C11H21BrO2Si/c1-11(2)9(13)6-5-7-10(11)14-15(3,4)8-12/h10H,5-8H2,1-4H3/t10-/m0/s1. The number of Topliss-reactive ketones (excluding diaryl/α,β-unsaturated/α-hetero) is 1. The van der Waals surface area contributed by atoms with Gasteiger partial charge >= 0.3 is 0 Å². The highest BCUT2D eigenvalue weighted by Crippen LogP contribution is 2.36. The molecule has 0 aliphatic heterocycles. The van der Waals surface area contributed by atoms with Gasteiger partial charge < -0.3 is 4.43 Å². The zero-order valence-electron chi connectivity index (χ0n) is 10.1. The lowest BCUT2D eigenvalue weighted by Gasteiger charge is -2.40. The molecular weight excluding hydrogens is 272 g/mol. The average Bonchev–Trinajstić information content (AvgIpc) is 2.14. The van der Waals surface area contributed by atoms with Crippen molar-refractivity contribution in [3.05, 3.63) is 0 Å². The molecule has 1 saturated carbocycles. The van der Waals surface area contributed by atoms with E-state index in [9.17, 15) is 4.79 Å². The van der Waals surface area contributed by atoms with Crippen molar-refractivity contribution >= 4 is 30.0 Å². The number of hydrogen-bond donors (Lipinski definition) is 0. The van der Waals surface area contributed by atoms with E-state index in [0.29, 0.717) is 5.78 Å². The van der Waals surface area contributed by atoms with Gasteiger partial charge in [0.2, 0.25) is 0 Å². The second-order valence-electron chi connectivity index (χ2n) is 5.54. The highest BCUT2D eigenvalue weighted by Gasteiger charge is 2.42. The smallest absolute Gasteiger partial charge is 0.197 e. The Morgan fingerprint density at radius 3 is 2.67 bits per heavy atom. The van der Waals surface area contributed by atoms with Gasteiger partial charge in [-0.3, -0.25) is 4.79 Å². The lowest BCUT2D eigenvalue weighted by molar-refractivity contribution is -0.135. The topological polar surface area (TPSA) is 26.3 Å². The van der Waals surface area contributed by atoms with Crippen LogP contribution < -0.4 is 0 Å². The summed E-state index contributed by atoms with van der Waals surface area (Å²) in [7, 11) is -1.62. The molecule has 1 aliphatic rings. The number of carbonyl (C=O) groups excluding carboxylic acids is 1. The molecule has 1 atom stereocenters. The zero-order valence-corrected chi connectivity index (χ0v) is 12.7. The molecule has 0 radical (unpaired) electrons. The van der Waals surface area contributed by atoms with Crippen molar-refractivity contribution in [2.75, 3.05) is 4.95 Å². The van der Waals surface area contributed by atoms with E-state index in [0.717, 1.165) is 24.2 Å². The van der Waals surface area contributed by atoms with E-state index >= 15 is 0 Å². The second kappa shape index (κ2) is 4.68. The Balaban J connectivity index is 2.72. The minimum Gasteiger partial charge on any atom is -0.413 e. The maximum atomic E-state index is 11.8. The molecule has 0 aromatic carbocycles. The van der Waals surface area contributed by atoms with E-state index < -0.39 is 8.32 Å². The molecule has 0 amide bonds. The lowest BCUT2D eigenvalue weighted by Crippen LogP contribution is -2.49. The molecule has 1 aliphatic carbocycles.